The number of amides is 2. The molecule has 0 radical (unpaired) electrons. The molecule has 0 bridgehead atoms. The molecule has 0 atom stereocenters. The van der Waals surface area contributed by atoms with Gasteiger partial charge in [0, 0.05) is 24.3 Å². The first kappa shape index (κ1) is 16.8. The van der Waals surface area contributed by atoms with Crippen molar-refractivity contribution < 1.29 is 19.1 Å². The van der Waals surface area contributed by atoms with Gasteiger partial charge < -0.3 is 19.7 Å². The maximum Gasteiger partial charge on any atom is 0.291 e. The molecule has 1 heterocycles. The predicted molar refractivity (Wildman–Crippen MR) is 86.4 cm³/mol. The third-order valence-corrected chi connectivity index (χ3v) is 3.26. The van der Waals surface area contributed by atoms with Crippen LogP contribution in [0, 0.1) is 0 Å². The Morgan fingerprint density at radius 1 is 1.22 bits per heavy atom. The molecule has 0 aliphatic rings. The number of furan rings is 1. The number of carbonyl (C=O) groups excluding carboxylic acids is 2. The van der Waals surface area contributed by atoms with Gasteiger partial charge in [-0.15, -0.1) is 0 Å². The largest absolute Gasteiger partial charge is 0.459 e. The number of nitrogens with one attached hydrogen (secondary N) is 1. The Hall–Kier alpha value is -2.60. The van der Waals surface area contributed by atoms with Crippen molar-refractivity contribution in [2.45, 2.75) is 13.3 Å². The summed E-state index contributed by atoms with van der Waals surface area (Å²) in [5, 5.41) is 11.8. The summed E-state index contributed by atoms with van der Waals surface area (Å²) in [5.41, 5.74) is 0.974. The summed E-state index contributed by atoms with van der Waals surface area (Å²) >= 11 is 0. The molecule has 6 heteroatoms. The highest BCUT2D eigenvalue weighted by molar-refractivity contribution is 6.03. The van der Waals surface area contributed by atoms with Crippen molar-refractivity contribution in [1.29, 1.82) is 0 Å². The topological polar surface area (TPSA) is 82.8 Å². The number of rotatable bonds is 7. The Morgan fingerprint density at radius 3 is 2.70 bits per heavy atom. The van der Waals surface area contributed by atoms with E-state index in [0.717, 1.165) is 6.42 Å². The van der Waals surface area contributed by atoms with E-state index in [9.17, 15) is 9.59 Å². The first-order chi connectivity index (χ1) is 11.2. The summed E-state index contributed by atoms with van der Waals surface area (Å²) < 4.78 is 5.03. The maximum absolute atomic E-state index is 12.5. The summed E-state index contributed by atoms with van der Waals surface area (Å²) in [5.74, 6) is -0.343. The average molecular weight is 316 g/mol. The van der Waals surface area contributed by atoms with E-state index in [2.05, 4.69) is 5.32 Å². The summed E-state index contributed by atoms with van der Waals surface area (Å²) in [6.45, 7) is 2.75. The van der Waals surface area contributed by atoms with Crippen LogP contribution in [0.2, 0.25) is 0 Å². The summed E-state index contributed by atoms with van der Waals surface area (Å²) in [7, 11) is 0. The lowest BCUT2D eigenvalue weighted by Crippen LogP contribution is -2.34. The number of aliphatic hydroxyl groups is 1. The van der Waals surface area contributed by atoms with Crippen molar-refractivity contribution in [3.05, 3.63) is 54.0 Å². The number of hydrogen-bond acceptors (Lipinski definition) is 4. The van der Waals surface area contributed by atoms with Gasteiger partial charge in [-0.05, 0) is 36.8 Å². The summed E-state index contributed by atoms with van der Waals surface area (Å²) in [6.07, 6.45) is 2.23. The first-order valence-corrected chi connectivity index (χ1v) is 7.50. The molecule has 1 aromatic carbocycles. The Bertz CT molecular complexity index is 646. The van der Waals surface area contributed by atoms with E-state index in [1.54, 1.807) is 41.3 Å². The Labute approximate surface area is 134 Å². The zero-order chi connectivity index (χ0) is 16.7. The van der Waals surface area contributed by atoms with Gasteiger partial charge in [0.2, 0.25) is 0 Å². The second-order valence-corrected chi connectivity index (χ2v) is 5.03. The molecule has 2 rings (SSSR count). The monoisotopic (exact) mass is 316 g/mol. The van der Waals surface area contributed by atoms with Crippen molar-refractivity contribution in [3.63, 3.8) is 0 Å². The highest BCUT2D eigenvalue weighted by Gasteiger charge is 2.15. The van der Waals surface area contributed by atoms with E-state index in [0.29, 0.717) is 17.8 Å². The number of hydrogen-bond donors (Lipinski definition) is 2. The standard InChI is InChI=1S/C17H20N2O4/c1-2-8-19(9-10-20)17(22)13-5-3-6-14(12-13)18-16(21)15-7-4-11-23-15/h3-7,11-12,20H,2,8-10H2,1H3,(H,18,21). The van der Waals surface area contributed by atoms with Crippen molar-refractivity contribution in [1.82, 2.24) is 4.90 Å². The Kier molecular flexibility index (Phi) is 5.94. The van der Waals surface area contributed by atoms with Crippen molar-refractivity contribution in [2.75, 3.05) is 25.0 Å². The second kappa shape index (κ2) is 8.14. The normalized spacial score (nSPS) is 10.3. The molecule has 1 aromatic heterocycles. The van der Waals surface area contributed by atoms with Gasteiger partial charge in [0.05, 0.1) is 12.9 Å². The highest BCUT2D eigenvalue weighted by Crippen LogP contribution is 2.14. The molecule has 2 aromatic rings. The van der Waals surface area contributed by atoms with Gasteiger partial charge in [0.1, 0.15) is 0 Å². The lowest BCUT2D eigenvalue weighted by molar-refractivity contribution is 0.0721. The minimum atomic E-state index is -0.375. The van der Waals surface area contributed by atoms with Crippen LogP contribution in [-0.2, 0) is 0 Å². The lowest BCUT2D eigenvalue weighted by atomic mass is 10.1. The number of aliphatic hydroxyl groups excluding tert-OH is 1. The number of anilines is 1. The molecule has 2 N–H and O–H groups in total. The molecule has 0 saturated carbocycles. The van der Waals surface area contributed by atoms with Gasteiger partial charge in [-0.25, -0.2) is 0 Å². The van der Waals surface area contributed by atoms with Crippen LogP contribution in [0.4, 0.5) is 5.69 Å². The van der Waals surface area contributed by atoms with Crippen LogP contribution in [0.3, 0.4) is 0 Å². The van der Waals surface area contributed by atoms with Crippen LogP contribution in [0.25, 0.3) is 0 Å². The number of benzene rings is 1. The third-order valence-electron chi connectivity index (χ3n) is 3.26. The van der Waals surface area contributed by atoms with Crippen LogP contribution in [0.5, 0.6) is 0 Å². The van der Waals surface area contributed by atoms with Crippen molar-refractivity contribution in [2.24, 2.45) is 0 Å². The summed E-state index contributed by atoms with van der Waals surface area (Å²) in [6, 6.07) is 9.90. The van der Waals surface area contributed by atoms with Gasteiger partial charge in [-0.1, -0.05) is 13.0 Å². The van der Waals surface area contributed by atoms with E-state index >= 15 is 0 Å². The zero-order valence-electron chi connectivity index (χ0n) is 13.0. The quantitative estimate of drug-likeness (QED) is 0.821. The SMILES string of the molecule is CCCN(CCO)C(=O)c1cccc(NC(=O)c2ccco2)c1. The van der Waals surface area contributed by atoms with Crippen LogP contribution in [0.15, 0.2) is 47.1 Å². The molecule has 122 valence electrons. The molecule has 0 unspecified atom stereocenters. The molecule has 0 spiro atoms. The molecule has 23 heavy (non-hydrogen) atoms. The van der Waals surface area contributed by atoms with E-state index in [-0.39, 0.29) is 30.7 Å². The van der Waals surface area contributed by atoms with Gasteiger partial charge in [-0.3, -0.25) is 9.59 Å². The van der Waals surface area contributed by atoms with E-state index in [1.165, 1.54) is 6.26 Å². The molecule has 0 aliphatic heterocycles. The van der Waals surface area contributed by atoms with Crippen LogP contribution in [0.1, 0.15) is 34.3 Å². The minimum Gasteiger partial charge on any atom is -0.459 e. The first-order valence-electron chi connectivity index (χ1n) is 7.50. The molecule has 0 fully saturated rings. The minimum absolute atomic E-state index is 0.0827. The van der Waals surface area contributed by atoms with Gasteiger partial charge in [-0.2, -0.15) is 0 Å². The molecule has 0 saturated heterocycles. The number of carbonyl (C=O) groups is 2. The fourth-order valence-electron chi connectivity index (χ4n) is 2.22. The van der Waals surface area contributed by atoms with Crippen LogP contribution < -0.4 is 5.32 Å². The lowest BCUT2D eigenvalue weighted by Gasteiger charge is -2.21. The van der Waals surface area contributed by atoms with Gasteiger partial charge >= 0.3 is 0 Å². The fraction of sp³-hybridized carbons (Fsp3) is 0.294. The van der Waals surface area contributed by atoms with Gasteiger partial charge in [0.25, 0.3) is 11.8 Å². The molecular weight excluding hydrogens is 296 g/mol. The Balaban J connectivity index is 2.12. The third kappa shape index (κ3) is 4.43. The van der Waals surface area contributed by atoms with Crippen LogP contribution in [-0.4, -0.2) is 41.5 Å². The van der Waals surface area contributed by atoms with Crippen molar-refractivity contribution >= 4 is 17.5 Å². The Morgan fingerprint density at radius 2 is 2.04 bits per heavy atom. The molecule has 6 nitrogen and oxygen atoms in total. The molecular formula is C17H20N2O4. The molecule has 2 amide bonds. The van der Waals surface area contributed by atoms with Crippen molar-refractivity contribution in [3.8, 4) is 0 Å². The maximum atomic E-state index is 12.5. The average Bonchev–Trinajstić information content (AvgIpc) is 3.09. The van der Waals surface area contributed by atoms with E-state index in [4.69, 9.17) is 9.52 Å². The molecule has 0 aliphatic carbocycles. The zero-order valence-corrected chi connectivity index (χ0v) is 13.0. The van der Waals surface area contributed by atoms with Gasteiger partial charge in [0.15, 0.2) is 5.76 Å². The van der Waals surface area contributed by atoms with Crippen LogP contribution >= 0.6 is 0 Å². The number of nitrogens with zero attached hydrogens (tertiary/aromatic N) is 1. The smallest absolute Gasteiger partial charge is 0.291 e. The highest BCUT2D eigenvalue weighted by atomic mass is 16.3. The summed E-state index contributed by atoms with van der Waals surface area (Å²) in [4.78, 5) is 26.0. The van der Waals surface area contributed by atoms with E-state index in [1.807, 2.05) is 6.92 Å². The predicted octanol–water partition coefficient (Wildman–Crippen LogP) is 2.38. The second-order valence-electron chi connectivity index (χ2n) is 5.03. The fourth-order valence-corrected chi connectivity index (χ4v) is 2.22. The van der Waals surface area contributed by atoms with E-state index < -0.39 is 0 Å².